The molecule has 1 N–H and O–H groups in total. The summed E-state index contributed by atoms with van der Waals surface area (Å²) in [7, 11) is -1.00. The SMILES string of the molecule is CC[C@@H]1CN2CC[C@H](NS(C)=O)[C@@H]2COC2CCC(CC2)c2ccccc2O1. The van der Waals surface area contributed by atoms with Gasteiger partial charge in [-0.05, 0) is 56.1 Å². The van der Waals surface area contributed by atoms with Crippen molar-refractivity contribution in [3.63, 3.8) is 0 Å². The van der Waals surface area contributed by atoms with E-state index >= 15 is 0 Å². The highest BCUT2D eigenvalue weighted by molar-refractivity contribution is 7.82. The zero-order valence-corrected chi connectivity index (χ0v) is 18.0. The van der Waals surface area contributed by atoms with Crippen LogP contribution in [0, 0.1) is 0 Å². The average molecular weight is 407 g/mol. The van der Waals surface area contributed by atoms with Gasteiger partial charge in [0.25, 0.3) is 0 Å². The van der Waals surface area contributed by atoms with Crippen molar-refractivity contribution < 1.29 is 13.7 Å². The first-order chi connectivity index (χ1) is 13.6. The minimum atomic E-state index is -1.00. The van der Waals surface area contributed by atoms with Crippen LogP contribution in [0.25, 0.3) is 0 Å². The van der Waals surface area contributed by atoms with Gasteiger partial charge in [-0.3, -0.25) is 4.90 Å². The first kappa shape index (κ1) is 20.3. The highest BCUT2D eigenvalue weighted by atomic mass is 32.2. The third-order valence-electron chi connectivity index (χ3n) is 6.70. The molecule has 28 heavy (non-hydrogen) atoms. The smallest absolute Gasteiger partial charge is 0.123 e. The molecule has 5 nitrogen and oxygen atoms in total. The van der Waals surface area contributed by atoms with Crippen molar-refractivity contribution in [3.8, 4) is 5.75 Å². The third kappa shape index (κ3) is 4.61. The average Bonchev–Trinajstić information content (AvgIpc) is 3.07. The molecule has 0 radical (unpaired) electrons. The van der Waals surface area contributed by atoms with Crippen LogP contribution in [0.1, 0.15) is 56.9 Å². The molecule has 0 spiro atoms. The van der Waals surface area contributed by atoms with Gasteiger partial charge in [0, 0.05) is 31.4 Å². The molecule has 4 atom stereocenters. The number of hydrogen-bond acceptors (Lipinski definition) is 4. The van der Waals surface area contributed by atoms with E-state index in [1.54, 1.807) is 6.26 Å². The summed E-state index contributed by atoms with van der Waals surface area (Å²) in [5.74, 6) is 1.64. The highest BCUT2D eigenvalue weighted by Crippen LogP contribution is 2.39. The molecule has 1 aromatic carbocycles. The lowest BCUT2D eigenvalue weighted by Crippen LogP contribution is -2.48. The van der Waals surface area contributed by atoms with Gasteiger partial charge in [0.2, 0.25) is 0 Å². The molecule has 1 aromatic rings. The Morgan fingerprint density at radius 3 is 2.71 bits per heavy atom. The predicted octanol–water partition coefficient (Wildman–Crippen LogP) is 3.23. The Kier molecular flexibility index (Phi) is 6.71. The van der Waals surface area contributed by atoms with Crippen LogP contribution >= 0.6 is 0 Å². The number of rotatable bonds is 3. The monoisotopic (exact) mass is 406 g/mol. The quantitative estimate of drug-likeness (QED) is 0.837. The van der Waals surface area contributed by atoms with Crippen LogP contribution in [0.4, 0.5) is 0 Å². The summed E-state index contributed by atoms with van der Waals surface area (Å²) < 4.78 is 28.0. The van der Waals surface area contributed by atoms with E-state index in [0.29, 0.717) is 18.6 Å². The first-order valence-electron chi connectivity index (χ1n) is 10.8. The van der Waals surface area contributed by atoms with Gasteiger partial charge in [-0.1, -0.05) is 25.1 Å². The molecule has 2 bridgehead atoms. The van der Waals surface area contributed by atoms with Crippen molar-refractivity contribution in [3.05, 3.63) is 29.8 Å². The summed E-state index contributed by atoms with van der Waals surface area (Å²) in [5.41, 5.74) is 1.37. The molecule has 6 heteroatoms. The first-order valence-corrected chi connectivity index (χ1v) is 12.4. The van der Waals surface area contributed by atoms with Gasteiger partial charge in [0.1, 0.15) is 11.9 Å². The molecule has 1 aliphatic carbocycles. The molecule has 0 aromatic heterocycles. The van der Waals surface area contributed by atoms with E-state index in [-0.39, 0.29) is 18.2 Å². The molecule has 0 amide bonds. The number of para-hydroxylation sites is 1. The summed E-state index contributed by atoms with van der Waals surface area (Å²) in [4.78, 5) is 2.49. The van der Waals surface area contributed by atoms with Gasteiger partial charge in [0.05, 0.1) is 23.7 Å². The molecule has 3 aliphatic heterocycles. The Bertz CT molecular complexity index is 678. The summed E-state index contributed by atoms with van der Waals surface area (Å²) >= 11 is 0. The van der Waals surface area contributed by atoms with E-state index in [1.807, 2.05) is 0 Å². The number of fused-ring (bicyclic) bond motifs is 5. The number of hydrogen-bond donors (Lipinski definition) is 1. The van der Waals surface area contributed by atoms with Crippen molar-refractivity contribution in [2.45, 2.75) is 75.7 Å². The maximum atomic E-state index is 11.8. The molecule has 1 saturated heterocycles. The van der Waals surface area contributed by atoms with Crippen LogP contribution in [0.3, 0.4) is 0 Å². The molecule has 3 heterocycles. The second-order valence-electron chi connectivity index (χ2n) is 8.52. The van der Waals surface area contributed by atoms with Gasteiger partial charge in [-0.25, -0.2) is 8.93 Å². The number of nitrogens with one attached hydrogen (secondary N) is 1. The Balaban J connectivity index is 1.59. The fourth-order valence-electron chi connectivity index (χ4n) is 5.11. The molecule has 5 rings (SSSR count). The summed E-state index contributed by atoms with van der Waals surface area (Å²) in [6.45, 7) is 4.81. The zero-order valence-electron chi connectivity index (χ0n) is 17.1. The minimum absolute atomic E-state index is 0.160. The van der Waals surface area contributed by atoms with Gasteiger partial charge >= 0.3 is 0 Å². The Morgan fingerprint density at radius 2 is 1.96 bits per heavy atom. The number of nitrogens with zero attached hydrogens (tertiary/aromatic N) is 1. The van der Waals surface area contributed by atoms with E-state index in [2.05, 4.69) is 40.8 Å². The summed E-state index contributed by atoms with van der Waals surface area (Å²) in [6, 6.07) is 9.11. The Morgan fingerprint density at radius 1 is 1.18 bits per heavy atom. The van der Waals surface area contributed by atoms with Crippen molar-refractivity contribution >= 4 is 11.0 Å². The van der Waals surface area contributed by atoms with Crippen LogP contribution in [-0.4, -0.2) is 59.4 Å². The Hall–Kier alpha value is -0.950. The maximum Gasteiger partial charge on any atom is 0.123 e. The lowest BCUT2D eigenvalue weighted by atomic mass is 9.82. The van der Waals surface area contributed by atoms with E-state index in [0.717, 1.165) is 57.4 Å². The highest BCUT2D eigenvalue weighted by Gasteiger charge is 2.37. The third-order valence-corrected chi connectivity index (χ3v) is 7.34. The molecular weight excluding hydrogens is 372 g/mol. The van der Waals surface area contributed by atoms with Gasteiger partial charge in [0.15, 0.2) is 0 Å². The normalized spacial score (nSPS) is 35.0. The van der Waals surface area contributed by atoms with Crippen LogP contribution in [0.5, 0.6) is 5.75 Å². The van der Waals surface area contributed by atoms with Crippen LogP contribution in [0.2, 0.25) is 0 Å². The zero-order chi connectivity index (χ0) is 19.5. The number of benzene rings is 1. The molecule has 2 fully saturated rings. The van der Waals surface area contributed by atoms with Crippen LogP contribution in [-0.2, 0) is 15.7 Å². The maximum absolute atomic E-state index is 11.8. The summed E-state index contributed by atoms with van der Waals surface area (Å²) in [5, 5.41) is 0. The van der Waals surface area contributed by atoms with Gasteiger partial charge < -0.3 is 9.47 Å². The Labute approximate surface area is 171 Å². The van der Waals surface area contributed by atoms with E-state index in [4.69, 9.17) is 9.47 Å². The van der Waals surface area contributed by atoms with Gasteiger partial charge in [-0.15, -0.1) is 0 Å². The van der Waals surface area contributed by atoms with E-state index < -0.39 is 11.0 Å². The van der Waals surface area contributed by atoms with Crippen molar-refractivity contribution in [2.24, 2.45) is 0 Å². The second kappa shape index (κ2) is 9.24. The lowest BCUT2D eigenvalue weighted by molar-refractivity contribution is -0.00965. The van der Waals surface area contributed by atoms with E-state index in [9.17, 15) is 4.21 Å². The molecule has 1 unspecified atom stereocenters. The van der Waals surface area contributed by atoms with Crippen LogP contribution < -0.4 is 9.46 Å². The largest absolute Gasteiger partial charge is 0.489 e. The van der Waals surface area contributed by atoms with Crippen LogP contribution in [0.15, 0.2) is 24.3 Å². The minimum Gasteiger partial charge on any atom is -0.489 e. The molecular formula is C22H34N2O3S. The fourth-order valence-corrected chi connectivity index (χ4v) is 5.81. The van der Waals surface area contributed by atoms with Gasteiger partial charge in [-0.2, -0.15) is 0 Å². The van der Waals surface area contributed by atoms with Crippen molar-refractivity contribution in [1.82, 2.24) is 9.62 Å². The molecule has 156 valence electrons. The topological polar surface area (TPSA) is 50.8 Å². The second-order valence-corrected chi connectivity index (χ2v) is 9.67. The fraction of sp³-hybridized carbons (Fsp3) is 0.727. The summed E-state index contributed by atoms with van der Waals surface area (Å²) in [6.07, 6.45) is 8.76. The van der Waals surface area contributed by atoms with E-state index in [1.165, 1.54) is 5.56 Å². The molecule has 1 saturated carbocycles. The standard InChI is InChI=1S/C22H34N2O3S/c1-3-17-14-24-13-12-20(23-28(2)25)21(24)15-26-18-10-8-16(9-11-18)19-6-4-5-7-22(19)27-17/h4-7,16-18,20-21,23H,3,8-15H2,1-2H3/t16?,17-,18?,20+,21+,28?/m1/s1. The number of ether oxygens (including phenoxy) is 2. The predicted molar refractivity (Wildman–Crippen MR) is 113 cm³/mol. The van der Waals surface area contributed by atoms with Crippen molar-refractivity contribution in [2.75, 3.05) is 26.0 Å². The molecule has 4 aliphatic rings. The van der Waals surface area contributed by atoms with Crippen molar-refractivity contribution in [1.29, 1.82) is 0 Å². The lowest BCUT2D eigenvalue weighted by Gasteiger charge is -2.32.